The van der Waals surface area contributed by atoms with Gasteiger partial charge in [0.25, 0.3) is 0 Å². The molecule has 0 atom stereocenters. The summed E-state index contributed by atoms with van der Waals surface area (Å²) in [6.45, 7) is 13.0. The van der Waals surface area contributed by atoms with E-state index >= 15 is 0 Å². The topological polar surface area (TPSA) is 38.7 Å². The van der Waals surface area contributed by atoms with Gasteiger partial charge in [-0.2, -0.15) is 0 Å². The van der Waals surface area contributed by atoms with E-state index in [1.807, 2.05) is 6.07 Å². The van der Waals surface area contributed by atoms with Crippen molar-refractivity contribution in [3.63, 3.8) is 0 Å². The number of aryl methyl sites for hydroxylation is 2. The van der Waals surface area contributed by atoms with Crippen molar-refractivity contribution >= 4 is 28.5 Å². The van der Waals surface area contributed by atoms with E-state index in [1.165, 1.54) is 60.7 Å². The number of unbranched alkanes of at least 4 members (excludes halogenated alkanes) is 6. The molecule has 0 spiro atoms. The van der Waals surface area contributed by atoms with Crippen LogP contribution in [-0.2, 0) is 28.8 Å². The molecule has 2 aromatic rings. The molecule has 198 valence electrons. The van der Waals surface area contributed by atoms with Gasteiger partial charge < -0.3 is 14.4 Å². The summed E-state index contributed by atoms with van der Waals surface area (Å²) in [5.41, 5.74) is 6.41. The van der Waals surface area contributed by atoms with Crippen LogP contribution in [0.2, 0.25) is 0 Å². The van der Waals surface area contributed by atoms with Gasteiger partial charge in [-0.25, -0.2) is 0 Å². The maximum atomic E-state index is 10.2. The molecular weight excluding hydrogens is 511 g/mol. The average molecular weight is 557 g/mol. The van der Waals surface area contributed by atoms with Crippen molar-refractivity contribution in [3.05, 3.63) is 51.5 Å². The van der Waals surface area contributed by atoms with Crippen LogP contribution >= 0.6 is 15.9 Å². The van der Waals surface area contributed by atoms with Gasteiger partial charge in [-0.3, -0.25) is 0 Å². The molecule has 3 nitrogen and oxygen atoms in total. The number of hydrogen-bond acceptors (Lipinski definition) is 3. The highest BCUT2D eigenvalue weighted by Crippen LogP contribution is 2.38. The summed E-state index contributed by atoms with van der Waals surface area (Å²) in [4.78, 5) is 0. The smallest absolute Gasteiger partial charge is 0.399 e. The van der Waals surface area contributed by atoms with Crippen LogP contribution in [0.1, 0.15) is 110 Å². The maximum Gasteiger partial charge on any atom is 0.495 e. The zero-order valence-corrected chi connectivity index (χ0v) is 25.0. The molecule has 1 fully saturated rings. The molecular formula is C31H46BBrO3. The summed E-state index contributed by atoms with van der Waals surface area (Å²) < 4.78 is 14.1. The fourth-order valence-electron chi connectivity index (χ4n) is 5.01. The minimum Gasteiger partial charge on any atom is -0.399 e. The summed E-state index contributed by atoms with van der Waals surface area (Å²) in [5.74, 6) is 0. The molecule has 0 saturated carbocycles. The predicted octanol–water partition coefficient (Wildman–Crippen LogP) is 8.15. The second-order valence-corrected chi connectivity index (χ2v) is 12.3. The molecule has 0 aromatic heterocycles. The summed E-state index contributed by atoms with van der Waals surface area (Å²) in [5, 5.41) is 10.2. The van der Waals surface area contributed by atoms with Gasteiger partial charge in [-0.15, -0.1) is 0 Å². The Kier molecular flexibility index (Phi) is 10.7. The van der Waals surface area contributed by atoms with Crippen LogP contribution in [0.5, 0.6) is 0 Å². The second kappa shape index (κ2) is 13.1. The zero-order valence-electron chi connectivity index (χ0n) is 23.4. The van der Waals surface area contributed by atoms with E-state index in [0.717, 1.165) is 41.3 Å². The van der Waals surface area contributed by atoms with Gasteiger partial charge in [-0.05, 0) is 98.8 Å². The average Bonchev–Trinajstić information content (AvgIpc) is 3.06. The van der Waals surface area contributed by atoms with Crippen molar-refractivity contribution in [1.29, 1.82) is 0 Å². The quantitative estimate of drug-likeness (QED) is 0.200. The zero-order chi connectivity index (χ0) is 26.3. The van der Waals surface area contributed by atoms with E-state index in [0.29, 0.717) is 0 Å². The lowest BCUT2D eigenvalue weighted by molar-refractivity contribution is 0.00578. The van der Waals surface area contributed by atoms with Gasteiger partial charge in [0.2, 0.25) is 0 Å². The third-order valence-corrected chi connectivity index (χ3v) is 8.49. The van der Waals surface area contributed by atoms with Crippen molar-refractivity contribution in [2.24, 2.45) is 0 Å². The van der Waals surface area contributed by atoms with Gasteiger partial charge in [0, 0.05) is 4.47 Å². The summed E-state index contributed by atoms with van der Waals surface area (Å²) in [6, 6.07) is 11.0. The van der Waals surface area contributed by atoms with Gasteiger partial charge in [0.1, 0.15) is 0 Å². The molecule has 2 aromatic carbocycles. The Labute approximate surface area is 228 Å². The van der Waals surface area contributed by atoms with Gasteiger partial charge >= 0.3 is 7.12 Å². The van der Waals surface area contributed by atoms with Crippen LogP contribution in [0, 0.1) is 0 Å². The minimum atomic E-state index is -0.368. The Bertz CT molecular complexity index is 986. The lowest BCUT2D eigenvalue weighted by atomic mass is 9.72. The van der Waals surface area contributed by atoms with Gasteiger partial charge in [0.05, 0.1) is 17.8 Å². The van der Waals surface area contributed by atoms with Crippen LogP contribution in [0.15, 0.2) is 34.8 Å². The highest BCUT2D eigenvalue weighted by Gasteiger charge is 2.52. The Balaban J connectivity index is 2.10. The fourth-order valence-corrected chi connectivity index (χ4v) is 5.42. The summed E-state index contributed by atoms with van der Waals surface area (Å²) in [7, 11) is -0.359. The molecule has 5 heteroatoms. The Hall–Kier alpha value is -1.14. The standard InChI is InChI=1S/C31H46BBrO3/c1-7-9-11-13-15-23-21-29(32-35-30(3,4)31(5,6)36-32)24(16-14-12-10-8-2)20-28(23)27-18-17-26(33)19-25(27)22-34/h17-21,34H,7-16,22H2,1-6H3. The van der Waals surface area contributed by atoms with Crippen molar-refractivity contribution in [2.75, 3.05) is 0 Å². The minimum absolute atomic E-state index is 0.0227. The third kappa shape index (κ3) is 7.04. The Morgan fingerprint density at radius 1 is 0.722 bits per heavy atom. The van der Waals surface area contributed by atoms with E-state index in [9.17, 15) is 5.11 Å². The number of aliphatic hydroxyl groups is 1. The van der Waals surface area contributed by atoms with Gasteiger partial charge in [-0.1, -0.05) is 86.5 Å². The number of benzene rings is 2. The van der Waals surface area contributed by atoms with Crippen LogP contribution in [-0.4, -0.2) is 23.4 Å². The second-order valence-electron chi connectivity index (χ2n) is 11.4. The number of rotatable bonds is 13. The normalized spacial score (nSPS) is 16.6. The molecule has 1 heterocycles. The van der Waals surface area contributed by atoms with Crippen LogP contribution < -0.4 is 5.46 Å². The van der Waals surface area contributed by atoms with Crippen molar-refractivity contribution < 1.29 is 14.4 Å². The van der Waals surface area contributed by atoms with E-state index in [1.54, 1.807) is 0 Å². The predicted molar refractivity (Wildman–Crippen MR) is 157 cm³/mol. The SMILES string of the molecule is CCCCCCc1cc(-c2ccc(Br)cc2CO)c(CCCCCC)cc1B1OC(C)(C)C(C)(C)O1. The van der Waals surface area contributed by atoms with E-state index in [4.69, 9.17) is 9.31 Å². The monoisotopic (exact) mass is 556 g/mol. The van der Waals surface area contributed by atoms with Crippen LogP contribution in [0.3, 0.4) is 0 Å². The molecule has 1 aliphatic rings. The maximum absolute atomic E-state index is 10.2. The largest absolute Gasteiger partial charge is 0.495 e. The first-order chi connectivity index (χ1) is 17.1. The first-order valence-electron chi connectivity index (χ1n) is 14.0. The van der Waals surface area contributed by atoms with Gasteiger partial charge in [0.15, 0.2) is 0 Å². The highest BCUT2D eigenvalue weighted by molar-refractivity contribution is 9.10. The molecule has 0 aliphatic carbocycles. The Morgan fingerprint density at radius 2 is 1.31 bits per heavy atom. The molecule has 1 N–H and O–H groups in total. The van der Waals surface area contributed by atoms with Crippen molar-refractivity contribution in [3.8, 4) is 11.1 Å². The molecule has 3 rings (SSSR count). The van der Waals surface area contributed by atoms with E-state index in [-0.39, 0.29) is 24.9 Å². The number of aliphatic hydroxyl groups excluding tert-OH is 1. The molecule has 0 radical (unpaired) electrons. The number of halogens is 1. The summed E-state index contributed by atoms with van der Waals surface area (Å²) >= 11 is 3.58. The van der Waals surface area contributed by atoms with Crippen molar-refractivity contribution in [1.82, 2.24) is 0 Å². The number of hydrogen-bond donors (Lipinski definition) is 1. The lowest BCUT2D eigenvalue weighted by Gasteiger charge is -2.32. The first kappa shape index (κ1) is 29.4. The van der Waals surface area contributed by atoms with E-state index in [2.05, 4.69) is 81.7 Å². The lowest BCUT2D eigenvalue weighted by Crippen LogP contribution is -2.41. The Morgan fingerprint density at radius 3 is 1.86 bits per heavy atom. The molecule has 1 aliphatic heterocycles. The molecule has 1 saturated heterocycles. The molecule has 0 unspecified atom stereocenters. The summed E-state index contributed by atoms with van der Waals surface area (Å²) in [6.07, 6.45) is 11.8. The van der Waals surface area contributed by atoms with Crippen LogP contribution in [0.4, 0.5) is 0 Å². The molecule has 0 amide bonds. The highest BCUT2D eigenvalue weighted by atomic mass is 79.9. The first-order valence-corrected chi connectivity index (χ1v) is 14.8. The van der Waals surface area contributed by atoms with Crippen LogP contribution in [0.25, 0.3) is 11.1 Å². The molecule has 0 bridgehead atoms. The van der Waals surface area contributed by atoms with E-state index < -0.39 is 0 Å². The third-order valence-electron chi connectivity index (χ3n) is 8.00. The fraction of sp³-hybridized carbons (Fsp3) is 0.613. The molecule has 36 heavy (non-hydrogen) atoms. The van der Waals surface area contributed by atoms with Crippen molar-refractivity contribution in [2.45, 2.75) is 124 Å².